The number of nitrogens with zero attached hydrogens (tertiary/aromatic N) is 1. The Morgan fingerprint density at radius 2 is 1.53 bits per heavy atom. The summed E-state index contributed by atoms with van der Waals surface area (Å²) >= 11 is 0. The fourth-order valence-corrected chi connectivity index (χ4v) is 4.54. The minimum Gasteiger partial charge on any atom is -0.508 e. The molecule has 6 nitrogen and oxygen atoms in total. The van der Waals surface area contributed by atoms with E-state index < -0.39 is 12.1 Å². The average molecular weight is 458 g/mol. The zero-order valence-corrected chi connectivity index (χ0v) is 19.1. The second-order valence-electron chi connectivity index (χ2n) is 8.83. The van der Waals surface area contributed by atoms with Crippen molar-refractivity contribution in [2.45, 2.75) is 43.8 Å². The Labute approximate surface area is 200 Å². The summed E-state index contributed by atoms with van der Waals surface area (Å²) in [6.45, 7) is 0.523. The third-order valence-electron chi connectivity index (χ3n) is 6.35. The van der Waals surface area contributed by atoms with Crippen molar-refractivity contribution in [3.8, 4) is 5.75 Å². The summed E-state index contributed by atoms with van der Waals surface area (Å²) in [6, 6.07) is 25.2. The number of nitrogens with two attached hydrogens (primary N) is 1. The normalized spacial score (nSPS) is 17.2. The van der Waals surface area contributed by atoms with Crippen molar-refractivity contribution in [3.05, 3.63) is 102 Å². The number of aromatic hydroxyl groups is 1. The summed E-state index contributed by atoms with van der Waals surface area (Å²) in [6.07, 6.45) is 2.41. The highest BCUT2D eigenvalue weighted by atomic mass is 16.3. The second kappa shape index (κ2) is 11.0. The van der Waals surface area contributed by atoms with Gasteiger partial charge in [-0.25, -0.2) is 0 Å². The van der Waals surface area contributed by atoms with Gasteiger partial charge < -0.3 is 21.1 Å². The number of amides is 2. The SMILES string of the molecule is N[C@@H](Cc1ccc(O)cc1)C(=O)N1CCC[C@H]1C(=O)N[C@@H](Cc1ccccc1)c1ccccc1. The summed E-state index contributed by atoms with van der Waals surface area (Å²) in [5.74, 6) is -0.194. The van der Waals surface area contributed by atoms with Crippen LogP contribution in [0.5, 0.6) is 5.75 Å². The number of rotatable bonds is 8. The van der Waals surface area contributed by atoms with Crippen molar-refractivity contribution >= 4 is 11.8 Å². The Morgan fingerprint density at radius 1 is 0.912 bits per heavy atom. The number of hydrogen-bond acceptors (Lipinski definition) is 4. The molecule has 1 aliphatic rings. The van der Waals surface area contributed by atoms with E-state index in [9.17, 15) is 14.7 Å². The quantitative estimate of drug-likeness (QED) is 0.483. The lowest BCUT2D eigenvalue weighted by Crippen LogP contribution is -2.52. The van der Waals surface area contributed by atoms with E-state index in [2.05, 4.69) is 17.4 Å². The summed E-state index contributed by atoms with van der Waals surface area (Å²) in [7, 11) is 0. The second-order valence-corrected chi connectivity index (χ2v) is 8.83. The molecule has 0 bridgehead atoms. The van der Waals surface area contributed by atoms with E-state index in [0.717, 1.165) is 23.1 Å². The third kappa shape index (κ3) is 5.83. The predicted molar refractivity (Wildman–Crippen MR) is 132 cm³/mol. The zero-order valence-electron chi connectivity index (χ0n) is 19.1. The lowest BCUT2D eigenvalue weighted by molar-refractivity contribution is -0.139. The first-order chi connectivity index (χ1) is 16.5. The van der Waals surface area contributed by atoms with Gasteiger partial charge in [0.15, 0.2) is 0 Å². The van der Waals surface area contributed by atoms with E-state index in [1.807, 2.05) is 48.5 Å². The molecule has 3 aromatic rings. The number of phenolic OH excluding ortho intramolecular Hbond substituents is 1. The number of likely N-dealkylation sites (tertiary alicyclic amines) is 1. The fraction of sp³-hybridized carbons (Fsp3) is 0.286. The molecule has 2 amide bonds. The van der Waals surface area contributed by atoms with Gasteiger partial charge in [0.1, 0.15) is 11.8 Å². The van der Waals surface area contributed by atoms with Crippen LogP contribution in [-0.4, -0.2) is 40.4 Å². The highest BCUT2D eigenvalue weighted by Gasteiger charge is 2.37. The molecule has 4 N–H and O–H groups in total. The molecule has 34 heavy (non-hydrogen) atoms. The van der Waals surface area contributed by atoms with Crippen LogP contribution < -0.4 is 11.1 Å². The number of nitrogens with one attached hydrogen (secondary N) is 1. The van der Waals surface area contributed by atoms with Gasteiger partial charge >= 0.3 is 0 Å². The molecule has 0 unspecified atom stereocenters. The lowest BCUT2D eigenvalue weighted by Gasteiger charge is -2.29. The fourth-order valence-electron chi connectivity index (χ4n) is 4.54. The Hall–Kier alpha value is -3.64. The maximum atomic E-state index is 13.4. The van der Waals surface area contributed by atoms with Crippen LogP contribution in [0.15, 0.2) is 84.9 Å². The highest BCUT2D eigenvalue weighted by Crippen LogP contribution is 2.23. The van der Waals surface area contributed by atoms with Crippen LogP contribution in [0.3, 0.4) is 0 Å². The van der Waals surface area contributed by atoms with Crippen LogP contribution in [0.4, 0.5) is 0 Å². The van der Waals surface area contributed by atoms with E-state index in [-0.39, 0.29) is 23.6 Å². The molecular formula is C28H31N3O3. The van der Waals surface area contributed by atoms with Gasteiger partial charge in [0.05, 0.1) is 12.1 Å². The minimum atomic E-state index is -0.743. The van der Waals surface area contributed by atoms with E-state index in [1.165, 1.54) is 0 Å². The molecule has 1 fully saturated rings. The first-order valence-electron chi connectivity index (χ1n) is 11.7. The van der Waals surface area contributed by atoms with Crippen molar-refractivity contribution in [1.29, 1.82) is 0 Å². The molecular weight excluding hydrogens is 426 g/mol. The molecule has 0 saturated carbocycles. The summed E-state index contributed by atoms with van der Waals surface area (Å²) < 4.78 is 0. The van der Waals surface area contributed by atoms with Crippen molar-refractivity contribution in [2.75, 3.05) is 6.54 Å². The standard InChI is InChI=1S/C28H31N3O3/c29-24(18-21-13-15-23(32)16-14-21)28(34)31-17-7-12-26(31)27(33)30-25(22-10-5-2-6-11-22)19-20-8-3-1-4-9-20/h1-6,8-11,13-16,24-26,32H,7,12,17-19,29H2,(H,30,33)/t24-,25-,26-/m0/s1. The molecule has 1 saturated heterocycles. The van der Waals surface area contributed by atoms with Crippen LogP contribution in [0.25, 0.3) is 0 Å². The molecule has 0 aliphatic carbocycles. The molecule has 4 rings (SSSR count). The van der Waals surface area contributed by atoms with Gasteiger partial charge in [0.25, 0.3) is 0 Å². The molecule has 0 aromatic heterocycles. The maximum Gasteiger partial charge on any atom is 0.243 e. The van der Waals surface area contributed by atoms with Crippen LogP contribution in [0, 0.1) is 0 Å². The van der Waals surface area contributed by atoms with E-state index >= 15 is 0 Å². The van der Waals surface area contributed by atoms with E-state index in [0.29, 0.717) is 25.8 Å². The molecule has 0 radical (unpaired) electrons. The molecule has 6 heteroatoms. The third-order valence-corrected chi connectivity index (χ3v) is 6.35. The van der Waals surface area contributed by atoms with E-state index in [4.69, 9.17) is 5.73 Å². The molecule has 3 atom stereocenters. The Morgan fingerprint density at radius 3 is 2.21 bits per heavy atom. The summed E-state index contributed by atoms with van der Waals surface area (Å²) in [5.41, 5.74) is 9.26. The van der Waals surface area contributed by atoms with Gasteiger partial charge in [-0.1, -0.05) is 72.8 Å². The Balaban J connectivity index is 1.45. The maximum absolute atomic E-state index is 13.4. The predicted octanol–water partition coefficient (Wildman–Crippen LogP) is 3.35. The summed E-state index contributed by atoms with van der Waals surface area (Å²) in [5, 5.41) is 12.7. The average Bonchev–Trinajstić information content (AvgIpc) is 3.36. The van der Waals surface area contributed by atoms with E-state index in [1.54, 1.807) is 29.2 Å². The van der Waals surface area contributed by atoms with Crippen LogP contribution in [0.2, 0.25) is 0 Å². The van der Waals surface area contributed by atoms with Crippen molar-refractivity contribution < 1.29 is 14.7 Å². The van der Waals surface area contributed by atoms with Gasteiger partial charge in [0.2, 0.25) is 11.8 Å². The van der Waals surface area contributed by atoms with Gasteiger partial charge in [0, 0.05) is 6.54 Å². The molecule has 1 aliphatic heterocycles. The summed E-state index contributed by atoms with van der Waals surface area (Å²) in [4.78, 5) is 28.2. The van der Waals surface area contributed by atoms with Crippen molar-refractivity contribution in [2.24, 2.45) is 5.73 Å². The van der Waals surface area contributed by atoms with Crippen molar-refractivity contribution in [1.82, 2.24) is 10.2 Å². The number of hydrogen-bond donors (Lipinski definition) is 3. The number of carbonyl (C=O) groups is 2. The lowest BCUT2D eigenvalue weighted by atomic mass is 9.98. The monoisotopic (exact) mass is 457 g/mol. The van der Waals surface area contributed by atoms with Crippen LogP contribution in [0.1, 0.15) is 35.6 Å². The molecule has 176 valence electrons. The van der Waals surface area contributed by atoms with Gasteiger partial charge in [-0.3, -0.25) is 9.59 Å². The Bertz CT molecular complexity index is 1090. The zero-order chi connectivity index (χ0) is 23.9. The number of carbonyl (C=O) groups excluding carboxylic acids is 2. The number of phenols is 1. The molecule has 1 heterocycles. The first-order valence-corrected chi connectivity index (χ1v) is 11.7. The van der Waals surface area contributed by atoms with Gasteiger partial charge in [-0.2, -0.15) is 0 Å². The van der Waals surface area contributed by atoms with Gasteiger partial charge in [-0.05, 0) is 54.5 Å². The Kier molecular flexibility index (Phi) is 7.60. The highest BCUT2D eigenvalue weighted by molar-refractivity contribution is 5.90. The smallest absolute Gasteiger partial charge is 0.243 e. The molecule has 0 spiro atoms. The molecule has 3 aromatic carbocycles. The minimum absolute atomic E-state index is 0.146. The van der Waals surface area contributed by atoms with Crippen LogP contribution >= 0.6 is 0 Å². The number of benzene rings is 3. The topological polar surface area (TPSA) is 95.7 Å². The largest absolute Gasteiger partial charge is 0.508 e. The van der Waals surface area contributed by atoms with Gasteiger partial charge in [-0.15, -0.1) is 0 Å². The van der Waals surface area contributed by atoms with Crippen molar-refractivity contribution in [3.63, 3.8) is 0 Å². The van der Waals surface area contributed by atoms with Crippen LogP contribution in [-0.2, 0) is 22.4 Å². The first kappa shape index (κ1) is 23.5.